The summed E-state index contributed by atoms with van der Waals surface area (Å²) in [6, 6.07) is 0. The molecule has 3 aliphatic heterocycles. The van der Waals surface area contributed by atoms with Gasteiger partial charge in [0.25, 0.3) is 0 Å². The number of unbranched alkanes of at least 4 members (excludes halogenated alkanes) is 8. The van der Waals surface area contributed by atoms with Gasteiger partial charge in [-0.05, 0) is 6.42 Å². The lowest BCUT2D eigenvalue weighted by Gasteiger charge is -2.25. The monoisotopic (exact) mass is 370 g/mol. The summed E-state index contributed by atoms with van der Waals surface area (Å²) in [5, 5.41) is 0. The molecule has 0 aromatic rings. The van der Waals surface area contributed by atoms with Crippen molar-refractivity contribution >= 4 is 5.97 Å². The molecule has 0 saturated carbocycles. The lowest BCUT2D eigenvalue weighted by Crippen LogP contribution is -2.45. The molecule has 6 nitrogen and oxygen atoms in total. The summed E-state index contributed by atoms with van der Waals surface area (Å²) >= 11 is 0. The average molecular weight is 370 g/mol. The molecule has 3 aliphatic rings. The lowest BCUT2D eigenvalue weighted by atomic mass is 10.1. The molecule has 3 rings (SSSR count). The predicted molar refractivity (Wildman–Crippen MR) is 95.8 cm³/mol. The van der Waals surface area contributed by atoms with Crippen LogP contribution in [0.1, 0.15) is 71.1 Å². The van der Waals surface area contributed by atoms with Gasteiger partial charge in [0.05, 0.1) is 19.8 Å². The van der Waals surface area contributed by atoms with Crippen LogP contribution in [0, 0.1) is 0 Å². The maximum absolute atomic E-state index is 12.1. The molecular formula is C20H34O6. The van der Waals surface area contributed by atoms with E-state index in [1.807, 2.05) is 0 Å². The highest BCUT2D eigenvalue weighted by atomic mass is 16.8. The van der Waals surface area contributed by atoms with Crippen LogP contribution in [-0.2, 0) is 28.5 Å². The van der Waals surface area contributed by atoms with Crippen LogP contribution >= 0.6 is 0 Å². The van der Waals surface area contributed by atoms with Crippen molar-refractivity contribution in [3.8, 4) is 0 Å². The molecule has 0 N–H and O–H groups in total. The van der Waals surface area contributed by atoms with E-state index < -0.39 is 5.79 Å². The number of carbonyl (C=O) groups excluding carboxylic acids is 1. The van der Waals surface area contributed by atoms with Gasteiger partial charge < -0.3 is 23.7 Å². The molecule has 6 heteroatoms. The number of rotatable bonds is 11. The Labute approximate surface area is 156 Å². The maximum atomic E-state index is 12.1. The van der Waals surface area contributed by atoms with Crippen LogP contribution in [0.15, 0.2) is 0 Å². The highest BCUT2D eigenvalue weighted by molar-refractivity contribution is 5.69. The Morgan fingerprint density at radius 2 is 1.62 bits per heavy atom. The topological polar surface area (TPSA) is 63.2 Å². The highest BCUT2D eigenvalue weighted by Crippen LogP contribution is 2.40. The fraction of sp³-hybridized carbons (Fsp3) is 0.950. The zero-order valence-corrected chi connectivity index (χ0v) is 16.1. The van der Waals surface area contributed by atoms with E-state index in [-0.39, 0.29) is 24.3 Å². The van der Waals surface area contributed by atoms with Gasteiger partial charge in [0, 0.05) is 6.42 Å². The molecule has 0 aromatic heterocycles. The number of hydrogen-bond acceptors (Lipinski definition) is 6. The molecule has 0 unspecified atom stereocenters. The first-order valence-electron chi connectivity index (χ1n) is 10.5. The summed E-state index contributed by atoms with van der Waals surface area (Å²) < 4.78 is 28.5. The SMILES string of the molecule is CCCCCCCCCCCC(=O)O[C@@H]1CO[C@H]2[C@@H]1OCC21OCCO1. The Hall–Kier alpha value is -0.690. The summed E-state index contributed by atoms with van der Waals surface area (Å²) in [6.07, 6.45) is 10.7. The molecule has 0 radical (unpaired) electrons. The first kappa shape index (κ1) is 20.1. The van der Waals surface area contributed by atoms with Crippen LogP contribution in [0.3, 0.4) is 0 Å². The number of esters is 1. The van der Waals surface area contributed by atoms with Crippen molar-refractivity contribution in [3.05, 3.63) is 0 Å². The second-order valence-electron chi connectivity index (χ2n) is 7.65. The third-order valence-electron chi connectivity index (χ3n) is 5.56. The molecule has 0 bridgehead atoms. The fourth-order valence-electron chi connectivity index (χ4n) is 4.08. The van der Waals surface area contributed by atoms with Crippen LogP contribution in [0.25, 0.3) is 0 Å². The minimum absolute atomic E-state index is 0.153. The number of ether oxygens (including phenoxy) is 5. The molecule has 0 amide bonds. The minimum atomic E-state index is -0.789. The molecule has 26 heavy (non-hydrogen) atoms. The van der Waals surface area contributed by atoms with Crippen molar-refractivity contribution in [1.82, 2.24) is 0 Å². The minimum Gasteiger partial charge on any atom is -0.457 e. The Morgan fingerprint density at radius 1 is 0.962 bits per heavy atom. The summed E-state index contributed by atoms with van der Waals surface area (Å²) in [5.74, 6) is -0.942. The molecule has 3 atom stereocenters. The normalized spacial score (nSPS) is 29.3. The van der Waals surface area contributed by atoms with Crippen LogP contribution in [-0.4, -0.2) is 56.5 Å². The smallest absolute Gasteiger partial charge is 0.306 e. The van der Waals surface area contributed by atoms with Crippen molar-refractivity contribution in [3.63, 3.8) is 0 Å². The number of hydrogen-bond donors (Lipinski definition) is 0. The van der Waals surface area contributed by atoms with Gasteiger partial charge in [-0.3, -0.25) is 4.79 Å². The van der Waals surface area contributed by atoms with Gasteiger partial charge in [-0.15, -0.1) is 0 Å². The summed E-state index contributed by atoms with van der Waals surface area (Å²) in [6.45, 7) is 4.05. The second-order valence-corrected chi connectivity index (χ2v) is 7.65. The quantitative estimate of drug-likeness (QED) is 0.410. The number of carbonyl (C=O) groups is 1. The van der Waals surface area contributed by atoms with E-state index in [0.717, 1.165) is 12.8 Å². The standard InChI is InChI=1S/C20H34O6/c1-2-3-4-5-6-7-8-9-10-11-17(21)26-16-14-22-19-18(16)23-15-20(19)24-12-13-25-20/h16,18-19H,2-15H2,1H3/t16-,18-,19+/m1/s1. The van der Waals surface area contributed by atoms with E-state index in [4.69, 9.17) is 23.7 Å². The van der Waals surface area contributed by atoms with Crippen molar-refractivity contribution in [2.75, 3.05) is 26.4 Å². The third-order valence-corrected chi connectivity index (χ3v) is 5.56. The van der Waals surface area contributed by atoms with E-state index >= 15 is 0 Å². The van der Waals surface area contributed by atoms with E-state index in [1.54, 1.807) is 0 Å². The summed E-state index contributed by atoms with van der Waals surface area (Å²) in [7, 11) is 0. The van der Waals surface area contributed by atoms with Crippen molar-refractivity contribution < 1.29 is 28.5 Å². The summed E-state index contributed by atoms with van der Waals surface area (Å²) in [5.41, 5.74) is 0. The first-order chi connectivity index (χ1) is 12.7. The second kappa shape index (κ2) is 10.0. The molecular weight excluding hydrogens is 336 g/mol. The summed E-state index contributed by atoms with van der Waals surface area (Å²) in [4.78, 5) is 12.1. The lowest BCUT2D eigenvalue weighted by molar-refractivity contribution is -0.207. The van der Waals surface area contributed by atoms with Crippen LogP contribution in [0.4, 0.5) is 0 Å². The van der Waals surface area contributed by atoms with Crippen LogP contribution in [0.2, 0.25) is 0 Å². The molecule has 1 spiro atoms. The van der Waals surface area contributed by atoms with Gasteiger partial charge in [0.2, 0.25) is 5.79 Å². The molecule has 0 aliphatic carbocycles. The molecule has 3 fully saturated rings. The van der Waals surface area contributed by atoms with Crippen molar-refractivity contribution in [2.24, 2.45) is 0 Å². The largest absolute Gasteiger partial charge is 0.457 e. The van der Waals surface area contributed by atoms with E-state index in [9.17, 15) is 4.79 Å². The van der Waals surface area contributed by atoms with Gasteiger partial charge in [-0.1, -0.05) is 58.3 Å². The Kier molecular flexibility index (Phi) is 7.73. The Morgan fingerprint density at radius 3 is 2.31 bits per heavy atom. The Bertz CT molecular complexity index is 434. The Balaban J connectivity index is 1.25. The predicted octanol–water partition coefficient (Wildman–Crippen LogP) is 3.36. The van der Waals surface area contributed by atoms with E-state index in [2.05, 4.69) is 6.92 Å². The van der Waals surface area contributed by atoms with E-state index in [1.165, 1.54) is 44.9 Å². The zero-order chi connectivity index (χ0) is 18.2. The fourth-order valence-corrected chi connectivity index (χ4v) is 4.08. The molecule has 0 aromatic carbocycles. The van der Waals surface area contributed by atoms with Crippen LogP contribution in [0.5, 0.6) is 0 Å². The maximum Gasteiger partial charge on any atom is 0.306 e. The van der Waals surface area contributed by atoms with Crippen molar-refractivity contribution in [2.45, 2.75) is 95.2 Å². The van der Waals surface area contributed by atoms with Crippen molar-refractivity contribution in [1.29, 1.82) is 0 Å². The molecule has 3 heterocycles. The van der Waals surface area contributed by atoms with Gasteiger partial charge >= 0.3 is 5.97 Å². The molecule has 3 saturated heterocycles. The van der Waals surface area contributed by atoms with Gasteiger partial charge in [0.15, 0.2) is 6.10 Å². The average Bonchev–Trinajstić information content (AvgIpc) is 3.34. The highest BCUT2D eigenvalue weighted by Gasteiger charge is 2.61. The van der Waals surface area contributed by atoms with Gasteiger partial charge in [-0.2, -0.15) is 0 Å². The van der Waals surface area contributed by atoms with E-state index in [0.29, 0.717) is 32.8 Å². The zero-order valence-electron chi connectivity index (χ0n) is 16.1. The number of fused-ring (bicyclic) bond motifs is 2. The molecule has 150 valence electrons. The first-order valence-corrected chi connectivity index (χ1v) is 10.5. The van der Waals surface area contributed by atoms with Gasteiger partial charge in [-0.25, -0.2) is 0 Å². The van der Waals surface area contributed by atoms with Crippen LogP contribution < -0.4 is 0 Å². The third kappa shape index (κ3) is 4.97. The van der Waals surface area contributed by atoms with Gasteiger partial charge in [0.1, 0.15) is 18.8 Å².